The van der Waals surface area contributed by atoms with Gasteiger partial charge in [-0.05, 0) is 66.9 Å². The molecule has 0 radical (unpaired) electrons. The Morgan fingerprint density at radius 1 is 0.972 bits per heavy atom. The van der Waals surface area contributed by atoms with Crippen LogP contribution in [0.15, 0.2) is 83.3 Å². The monoisotopic (exact) mass is 479 g/mol. The molecule has 3 aromatic carbocycles. The molecule has 36 heavy (non-hydrogen) atoms. The minimum absolute atomic E-state index is 0.125. The zero-order chi connectivity index (χ0) is 25.2. The third-order valence-electron chi connectivity index (χ3n) is 6.14. The quantitative estimate of drug-likeness (QED) is 0.294. The van der Waals surface area contributed by atoms with Crippen LogP contribution >= 0.6 is 0 Å². The number of fused-ring (bicyclic) bond motifs is 1. The van der Waals surface area contributed by atoms with E-state index in [1.807, 2.05) is 49.4 Å². The SMILES string of the molecule is Cc1ccc(CC(=O)n2nc(N)c3cc(-c4ccc(C(=O)CCc5cccc(O)c5)o4)ccc32)cc1. The average molecular weight is 480 g/mol. The number of ketones is 1. The van der Waals surface area contributed by atoms with Crippen LogP contribution in [-0.2, 0) is 12.8 Å². The Morgan fingerprint density at radius 3 is 2.56 bits per heavy atom. The van der Waals surface area contributed by atoms with E-state index < -0.39 is 0 Å². The van der Waals surface area contributed by atoms with Crippen molar-refractivity contribution < 1.29 is 19.1 Å². The largest absolute Gasteiger partial charge is 0.508 e. The molecule has 0 unspecified atom stereocenters. The van der Waals surface area contributed by atoms with E-state index in [1.165, 1.54) is 4.68 Å². The summed E-state index contributed by atoms with van der Waals surface area (Å²) in [6, 6.07) is 23.5. The van der Waals surface area contributed by atoms with Crippen molar-refractivity contribution in [3.63, 3.8) is 0 Å². The van der Waals surface area contributed by atoms with E-state index in [2.05, 4.69) is 5.10 Å². The number of furan rings is 1. The summed E-state index contributed by atoms with van der Waals surface area (Å²) in [5, 5.41) is 14.5. The van der Waals surface area contributed by atoms with E-state index in [1.54, 1.807) is 36.4 Å². The fraction of sp³-hybridized carbons (Fsp3) is 0.138. The maximum Gasteiger partial charge on any atom is 0.251 e. The molecule has 5 rings (SSSR count). The zero-order valence-electron chi connectivity index (χ0n) is 19.8. The second-order valence-corrected chi connectivity index (χ2v) is 8.84. The van der Waals surface area contributed by atoms with Crippen molar-refractivity contribution in [2.75, 3.05) is 5.73 Å². The van der Waals surface area contributed by atoms with E-state index in [-0.39, 0.29) is 41.9 Å². The van der Waals surface area contributed by atoms with Gasteiger partial charge in [-0.2, -0.15) is 4.68 Å². The Bertz CT molecular complexity index is 1580. The van der Waals surface area contributed by atoms with Crippen LogP contribution in [0, 0.1) is 6.92 Å². The summed E-state index contributed by atoms with van der Waals surface area (Å²) in [6.45, 7) is 2.00. The summed E-state index contributed by atoms with van der Waals surface area (Å²) in [4.78, 5) is 25.6. The minimum Gasteiger partial charge on any atom is -0.508 e. The smallest absolute Gasteiger partial charge is 0.251 e. The molecule has 7 nitrogen and oxygen atoms in total. The Kier molecular flexibility index (Phi) is 6.12. The molecule has 0 aliphatic carbocycles. The van der Waals surface area contributed by atoms with Gasteiger partial charge >= 0.3 is 0 Å². The maximum absolute atomic E-state index is 12.9. The molecular formula is C29H25N3O4. The normalized spacial score (nSPS) is 11.1. The van der Waals surface area contributed by atoms with Gasteiger partial charge in [-0.1, -0.05) is 42.0 Å². The number of anilines is 1. The molecule has 7 heteroatoms. The van der Waals surface area contributed by atoms with Crippen molar-refractivity contribution in [2.45, 2.75) is 26.2 Å². The van der Waals surface area contributed by atoms with Gasteiger partial charge < -0.3 is 15.3 Å². The van der Waals surface area contributed by atoms with Crippen LogP contribution in [0.4, 0.5) is 5.82 Å². The second kappa shape index (κ2) is 9.54. The number of hydrogen-bond acceptors (Lipinski definition) is 6. The van der Waals surface area contributed by atoms with Crippen molar-refractivity contribution in [2.24, 2.45) is 0 Å². The molecule has 0 aliphatic rings. The topological polar surface area (TPSA) is 111 Å². The van der Waals surface area contributed by atoms with Crippen LogP contribution < -0.4 is 5.73 Å². The number of aryl methyl sites for hydroxylation is 2. The molecule has 0 saturated carbocycles. The van der Waals surface area contributed by atoms with Gasteiger partial charge in [0.2, 0.25) is 0 Å². The summed E-state index contributed by atoms with van der Waals surface area (Å²) in [5.74, 6) is 0.914. The summed E-state index contributed by atoms with van der Waals surface area (Å²) in [6.07, 6.45) is 0.977. The lowest BCUT2D eigenvalue weighted by Gasteiger charge is -2.04. The summed E-state index contributed by atoms with van der Waals surface area (Å²) in [5.41, 5.74) is 10.4. The Balaban J connectivity index is 1.33. The number of carbonyl (C=O) groups excluding carboxylic acids is 2. The summed E-state index contributed by atoms with van der Waals surface area (Å²) < 4.78 is 7.18. The van der Waals surface area contributed by atoms with Crippen LogP contribution in [0.5, 0.6) is 5.75 Å². The number of nitrogens with two attached hydrogens (primary N) is 1. The number of carbonyl (C=O) groups is 2. The molecule has 0 amide bonds. The fourth-order valence-electron chi connectivity index (χ4n) is 4.18. The third kappa shape index (κ3) is 4.77. The number of rotatable bonds is 7. The number of phenols is 1. The molecule has 2 aromatic heterocycles. The van der Waals surface area contributed by atoms with E-state index in [4.69, 9.17) is 10.2 Å². The number of benzene rings is 3. The van der Waals surface area contributed by atoms with Crippen molar-refractivity contribution >= 4 is 28.4 Å². The van der Waals surface area contributed by atoms with Gasteiger partial charge in [0, 0.05) is 17.4 Å². The highest BCUT2D eigenvalue weighted by molar-refractivity contribution is 5.99. The predicted molar refractivity (Wildman–Crippen MR) is 138 cm³/mol. The van der Waals surface area contributed by atoms with Crippen molar-refractivity contribution in [3.8, 4) is 17.1 Å². The van der Waals surface area contributed by atoms with Gasteiger partial charge in [-0.25, -0.2) is 0 Å². The first-order chi connectivity index (χ1) is 17.4. The molecular weight excluding hydrogens is 454 g/mol. The number of nitrogen functional groups attached to an aromatic ring is 1. The summed E-state index contributed by atoms with van der Waals surface area (Å²) in [7, 11) is 0. The number of aromatic hydroxyl groups is 1. The molecule has 0 atom stereocenters. The first-order valence-corrected chi connectivity index (χ1v) is 11.7. The Hall–Kier alpha value is -4.65. The van der Waals surface area contributed by atoms with Crippen LogP contribution in [0.25, 0.3) is 22.2 Å². The molecule has 0 aliphatic heterocycles. The van der Waals surface area contributed by atoms with Crippen molar-refractivity contribution in [1.29, 1.82) is 0 Å². The van der Waals surface area contributed by atoms with Crippen LogP contribution in [0.3, 0.4) is 0 Å². The van der Waals surface area contributed by atoms with Gasteiger partial charge in [-0.3, -0.25) is 9.59 Å². The van der Waals surface area contributed by atoms with Gasteiger partial charge in [0.1, 0.15) is 11.5 Å². The lowest BCUT2D eigenvalue weighted by Crippen LogP contribution is -2.15. The molecule has 0 bridgehead atoms. The molecule has 0 spiro atoms. The lowest BCUT2D eigenvalue weighted by molar-refractivity contribution is 0.0903. The van der Waals surface area contributed by atoms with E-state index in [9.17, 15) is 14.7 Å². The lowest BCUT2D eigenvalue weighted by atomic mass is 10.1. The minimum atomic E-state index is -0.175. The molecule has 0 saturated heterocycles. The average Bonchev–Trinajstić information content (AvgIpc) is 3.49. The highest BCUT2D eigenvalue weighted by Crippen LogP contribution is 2.29. The number of nitrogens with zero attached hydrogens (tertiary/aromatic N) is 2. The van der Waals surface area contributed by atoms with Gasteiger partial charge in [-0.15, -0.1) is 5.10 Å². The highest BCUT2D eigenvalue weighted by Gasteiger charge is 2.17. The third-order valence-corrected chi connectivity index (χ3v) is 6.14. The fourth-order valence-corrected chi connectivity index (χ4v) is 4.18. The first kappa shape index (κ1) is 23.1. The Labute approximate surface area is 207 Å². The zero-order valence-corrected chi connectivity index (χ0v) is 19.8. The Morgan fingerprint density at radius 2 is 1.78 bits per heavy atom. The number of aromatic nitrogens is 2. The number of hydrogen-bond donors (Lipinski definition) is 2. The highest BCUT2D eigenvalue weighted by atomic mass is 16.3. The van der Waals surface area contributed by atoms with E-state index in [0.717, 1.165) is 22.3 Å². The van der Waals surface area contributed by atoms with Gasteiger partial charge in [0.05, 0.1) is 11.9 Å². The van der Waals surface area contributed by atoms with Crippen LogP contribution in [0.2, 0.25) is 0 Å². The van der Waals surface area contributed by atoms with E-state index in [0.29, 0.717) is 23.1 Å². The molecule has 180 valence electrons. The number of Topliss-reactive ketones (excluding diaryl/α,β-unsaturated/α-hetero) is 1. The second-order valence-electron chi connectivity index (χ2n) is 8.84. The molecule has 2 heterocycles. The van der Waals surface area contributed by atoms with Gasteiger partial charge in [0.25, 0.3) is 5.91 Å². The van der Waals surface area contributed by atoms with Crippen molar-refractivity contribution in [3.05, 3.63) is 101 Å². The molecule has 0 fully saturated rings. The van der Waals surface area contributed by atoms with Crippen LogP contribution in [0.1, 0.15) is 38.5 Å². The number of phenolic OH excluding ortho intramolecular Hbond substituents is 1. The maximum atomic E-state index is 12.9. The standard InChI is InChI=1S/C29H25N3O4/c1-18-5-7-20(8-6-18)16-28(35)32-24-11-10-21(17-23(24)29(30)31-32)26-13-14-27(36-26)25(34)12-9-19-3-2-4-22(33)15-19/h2-8,10-11,13-15,17,33H,9,12,16H2,1H3,(H2,30,31). The molecule has 3 N–H and O–H groups in total. The first-order valence-electron chi connectivity index (χ1n) is 11.7. The van der Waals surface area contributed by atoms with E-state index >= 15 is 0 Å². The van der Waals surface area contributed by atoms with Gasteiger partial charge in [0.15, 0.2) is 17.4 Å². The predicted octanol–water partition coefficient (Wildman–Crippen LogP) is 5.59. The van der Waals surface area contributed by atoms with Crippen molar-refractivity contribution in [1.82, 2.24) is 9.78 Å². The van der Waals surface area contributed by atoms with Crippen LogP contribution in [-0.4, -0.2) is 26.6 Å². The summed E-state index contributed by atoms with van der Waals surface area (Å²) >= 11 is 0. The molecule has 5 aromatic rings.